The molecule has 54 valence electrons. The number of para-hydroxylation sites is 1. The van der Waals surface area contributed by atoms with Crippen LogP contribution in [0.2, 0.25) is 0 Å². The second kappa shape index (κ2) is 2.16. The van der Waals surface area contributed by atoms with E-state index in [1.165, 1.54) is 4.79 Å². The van der Waals surface area contributed by atoms with Crippen LogP contribution < -0.4 is 0 Å². The van der Waals surface area contributed by atoms with E-state index < -0.39 is 0 Å². The molecule has 0 unspecified atom stereocenters. The lowest BCUT2D eigenvalue weighted by molar-refractivity contribution is 0.720. The first-order valence-corrected chi connectivity index (χ1v) is 3.19. The summed E-state index contributed by atoms with van der Waals surface area (Å²) in [5.74, 6) is 0. The Labute approximate surface area is 63.1 Å². The van der Waals surface area contributed by atoms with Gasteiger partial charge in [0.1, 0.15) is 11.0 Å². The molecule has 0 saturated heterocycles. The van der Waals surface area contributed by atoms with Crippen LogP contribution in [-0.4, -0.2) is 21.8 Å². The molecule has 0 radical (unpaired) electrons. The Morgan fingerprint density at radius 2 is 2.18 bits per heavy atom. The highest BCUT2D eigenvalue weighted by atomic mass is 15.6. The van der Waals surface area contributed by atoms with Crippen LogP contribution in [0.4, 0.5) is 0 Å². The molecule has 0 saturated carbocycles. The summed E-state index contributed by atoms with van der Waals surface area (Å²) in [5, 5.41) is 11.3. The molecule has 2 rings (SSSR count). The van der Waals surface area contributed by atoms with E-state index in [0.29, 0.717) is 0 Å². The summed E-state index contributed by atoms with van der Waals surface area (Å²) in [7, 11) is 0. The SMILES string of the molecule is C=Nn1nnc2ccccc21. The molecule has 0 bridgehead atoms. The van der Waals surface area contributed by atoms with Crippen LogP contribution in [-0.2, 0) is 0 Å². The van der Waals surface area contributed by atoms with E-state index in [9.17, 15) is 0 Å². The third-order valence-corrected chi connectivity index (χ3v) is 1.47. The maximum absolute atomic E-state index is 3.87. The monoisotopic (exact) mass is 146 g/mol. The molecule has 2 aromatic rings. The molecule has 1 heterocycles. The third kappa shape index (κ3) is 0.797. The number of hydrogen-bond acceptors (Lipinski definition) is 3. The maximum Gasteiger partial charge on any atom is 0.115 e. The lowest BCUT2D eigenvalue weighted by Gasteiger charge is -1.88. The highest BCUT2D eigenvalue weighted by molar-refractivity contribution is 5.73. The number of aromatic nitrogens is 3. The minimum Gasteiger partial charge on any atom is -0.165 e. The van der Waals surface area contributed by atoms with Crippen LogP contribution in [0.1, 0.15) is 0 Å². The number of benzene rings is 1. The average molecular weight is 146 g/mol. The van der Waals surface area contributed by atoms with Gasteiger partial charge in [-0.25, -0.2) is 0 Å². The van der Waals surface area contributed by atoms with E-state index in [1.807, 2.05) is 24.3 Å². The zero-order valence-electron chi connectivity index (χ0n) is 5.81. The molecule has 0 atom stereocenters. The minimum absolute atomic E-state index is 0.833. The van der Waals surface area contributed by atoms with Crippen LogP contribution in [0.25, 0.3) is 11.0 Å². The van der Waals surface area contributed by atoms with Crippen LogP contribution in [0.5, 0.6) is 0 Å². The van der Waals surface area contributed by atoms with Crippen molar-refractivity contribution in [1.82, 2.24) is 15.1 Å². The number of hydrogen-bond donors (Lipinski definition) is 0. The van der Waals surface area contributed by atoms with Crippen molar-refractivity contribution in [2.45, 2.75) is 0 Å². The van der Waals surface area contributed by atoms with Crippen molar-refractivity contribution in [3.8, 4) is 0 Å². The van der Waals surface area contributed by atoms with Gasteiger partial charge >= 0.3 is 0 Å². The standard InChI is InChI=1S/C7H6N4/c1-8-11-7-5-3-2-4-6(7)9-10-11/h2-5H,1H2. The first-order chi connectivity index (χ1) is 5.42. The Morgan fingerprint density at radius 3 is 3.00 bits per heavy atom. The number of rotatable bonds is 1. The van der Waals surface area contributed by atoms with E-state index in [1.54, 1.807) is 0 Å². The molecule has 0 N–H and O–H groups in total. The van der Waals surface area contributed by atoms with Crippen molar-refractivity contribution in [1.29, 1.82) is 0 Å². The van der Waals surface area contributed by atoms with Gasteiger partial charge in [-0.3, -0.25) is 0 Å². The zero-order chi connectivity index (χ0) is 7.68. The molecule has 0 fully saturated rings. The van der Waals surface area contributed by atoms with Crippen molar-refractivity contribution < 1.29 is 0 Å². The second-order valence-corrected chi connectivity index (χ2v) is 2.11. The van der Waals surface area contributed by atoms with E-state index >= 15 is 0 Å². The third-order valence-electron chi connectivity index (χ3n) is 1.47. The van der Waals surface area contributed by atoms with Crippen molar-refractivity contribution in [2.75, 3.05) is 0 Å². The molecule has 0 spiro atoms. The highest BCUT2D eigenvalue weighted by Gasteiger charge is 1.98. The van der Waals surface area contributed by atoms with Crippen LogP contribution in [0.3, 0.4) is 0 Å². The Bertz CT molecular complexity index is 390. The fourth-order valence-electron chi connectivity index (χ4n) is 0.961. The van der Waals surface area contributed by atoms with Crippen LogP contribution in [0.15, 0.2) is 29.4 Å². The number of nitrogens with zero attached hydrogens (tertiary/aromatic N) is 4. The van der Waals surface area contributed by atoms with E-state index in [-0.39, 0.29) is 0 Å². The summed E-state index contributed by atoms with van der Waals surface area (Å²) in [6, 6.07) is 7.59. The summed E-state index contributed by atoms with van der Waals surface area (Å²) in [5.41, 5.74) is 1.71. The van der Waals surface area contributed by atoms with Crippen LogP contribution >= 0.6 is 0 Å². The Balaban J connectivity index is 2.86. The summed E-state index contributed by atoms with van der Waals surface area (Å²) >= 11 is 0. The van der Waals surface area contributed by atoms with E-state index in [0.717, 1.165) is 11.0 Å². The van der Waals surface area contributed by atoms with Gasteiger partial charge in [-0.2, -0.15) is 5.10 Å². The lowest BCUT2D eigenvalue weighted by atomic mass is 10.3. The lowest BCUT2D eigenvalue weighted by Crippen LogP contribution is -1.88. The zero-order valence-corrected chi connectivity index (χ0v) is 5.81. The van der Waals surface area contributed by atoms with Gasteiger partial charge in [0.05, 0.1) is 0 Å². The maximum atomic E-state index is 3.87. The molecule has 0 aliphatic carbocycles. The first kappa shape index (κ1) is 6.03. The van der Waals surface area contributed by atoms with Gasteiger partial charge in [-0.15, -0.1) is 9.89 Å². The second-order valence-electron chi connectivity index (χ2n) is 2.11. The number of fused-ring (bicyclic) bond motifs is 1. The van der Waals surface area contributed by atoms with Gasteiger partial charge in [0.15, 0.2) is 0 Å². The Kier molecular flexibility index (Phi) is 1.18. The van der Waals surface area contributed by atoms with Gasteiger partial charge in [0.2, 0.25) is 0 Å². The molecular weight excluding hydrogens is 140 g/mol. The fourth-order valence-corrected chi connectivity index (χ4v) is 0.961. The van der Waals surface area contributed by atoms with Gasteiger partial charge in [-0.05, 0) is 17.3 Å². The van der Waals surface area contributed by atoms with Crippen molar-refractivity contribution in [3.05, 3.63) is 24.3 Å². The normalized spacial score (nSPS) is 10.2. The first-order valence-electron chi connectivity index (χ1n) is 3.19. The molecule has 1 aromatic heterocycles. The molecule has 4 heteroatoms. The molecule has 4 nitrogen and oxygen atoms in total. The van der Waals surface area contributed by atoms with Gasteiger partial charge in [0.25, 0.3) is 0 Å². The van der Waals surface area contributed by atoms with Gasteiger partial charge in [0, 0.05) is 6.72 Å². The predicted octanol–water partition coefficient (Wildman–Crippen LogP) is 0.895. The molecule has 11 heavy (non-hydrogen) atoms. The highest BCUT2D eigenvalue weighted by Crippen LogP contribution is 2.08. The Hall–Kier alpha value is -1.71. The smallest absolute Gasteiger partial charge is 0.115 e. The topological polar surface area (TPSA) is 43.1 Å². The van der Waals surface area contributed by atoms with E-state index in [4.69, 9.17) is 0 Å². The van der Waals surface area contributed by atoms with Crippen molar-refractivity contribution >= 4 is 17.8 Å². The summed E-state index contributed by atoms with van der Waals surface area (Å²) < 4.78 is 0. The molecule has 0 aliphatic heterocycles. The predicted molar refractivity (Wildman–Crippen MR) is 42.5 cm³/mol. The Morgan fingerprint density at radius 1 is 1.36 bits per heavy atom. The van der Waals surface area contributed by atoms with E-state index in [2.05, 4.69) is 22.1 Å². The van der Waals surface area contributed by atoms with Crippen LogP contribution in [0, 0.1) is 0 Å². The average Bonchev–Trinajstić information content (AvgIpc) is 2.47. The molecular formula is C7H6N4. The van der Waals surface area contributed by atoms with Crippen molar-refractivity contribution in [2.24, 2.45) is 5.10 Å². The van der Waals surface area contributed by atoms with Gasteiger partial charge in [-0.1, -0.05) is 12.1 Å². The quantitative estimate of drug-likeness (QED) is 0.561. The van der Waals surface area contributed by atoms with Crippen molar-refractivity contribution in [3.63, 3.8) is 0 Å². The summed E-state index contributed by atoms with van der Waals surface area (Å²) in [6.07, 6.45) is 0. The molecule has 0 amide bonds. The molecule has 0 aliphatic rings. The van der Waals surface area contributed by atoms with Gasteiger partial charge < -0.3 is 0 Å². The molecule has 1 aromatic carbocycles. The largest absolute Gasteiger partial charge is 0.165 e. The summed E-state index contributed by atoms with van der Waals surface area (Å²) in [4.78, 5) is 1.40. The fraction of sp³-hybridized carbons (Fsp3) is 0. The summed E-state index contributed by atoms with van der Waals surface area (Å²) in [6.45, 7) is 3.36. The minimum atomic E-state index is 0.833.